The van der Waals surface area contributed by atoms with Gasteiger partial charge in [-0.3, -0.25) is 4.79 Å². The van der Waals surface area contributed by atoms with Crippen molar-refractivity contribution >= 4 is 22.4 Å². The van der Waals surface area contributed by atoms with Gasteiger partial charge in [-0.05, 0) is 29.8 Å². The van der Waals surface area contributed by atoms with Gasteiger partial charge in [-0.15, -0.1) is 0 Å². The third-order valence-electron chi connectivity index (χ3n) is 4.50. The normalized spacial score (nSPS) is 12.4. The van der Waals surface area contributed by atoms with Crippen LogP contribution in [0.15, 0.2) is 66.4 Å². The van der Waals surface area contributed by atoms with Crippen molar-refractivity contribution in [3.63, 3.8) is 0 Å². The van der Waals surface area contributed by atoms with E-state index >= 15 is 0 Å². The van der Waals surface area contributed by atoms with Gasteiger partial charge in [-0.25, -0.2) is 0 Å². The topological polar surface area (TPSA) is 104 Å². The molecule has 1 heterocycles. The second kappa shape index (κ2) is 7.82. The number of aromatic hydroxyl groups is 1. The van der Waals surface area contributed by atoms with Crippen LogP contribution in [0.5, 0.6) is 17.2 Å². The Morgan fingerprint density at radius 1 is 1.10 bits per heavy atom. The highest BCUT2D eigenvalue weighted by Crippen LogP contribution is 2.32. The zero-order valence-corrected chi connectivity index (χ0v) is 15.3. The number of phenols is 1. The molecule has 0 bridgehead atoms. The highest BCUT2D eigenvalue weighted by atomic mass is 16.7. The second-order valence-electron chi connectivity index (χ2n) is 6.37. The fourth-order valence-electron chi connectivity index (χ4n) is 3.06. The van der Waals surface area contributed by atoms with Crippen LogP contribution in [0, 0.1) is 11.3 Å². The molecule has 0 saturated heterocycles. The summed E-state index contributed by atoms with van der Waals surface area (Å²) in [6.07, 6.45) is 1.38. The Hall–Kier alpha value is -4.18. The molecule has 0 saturated carbocycles. The van der Waals surface area contributed by atoms with Crippen LogP contribution in [0.3, 0.4) is 0 Å². The molecular weight excluding hydrogens is 370 g/mol. The summed E-state index contributed by atoms with van der Waals surface area (Å²) in [5, 5.41) is 26.3. The van der Waals surface area contributed by atoms with E-state index in [0.29, 0.717) is 34.5 Å². The summed E-state index contributed by atoms with van der Waals surface area (Å²) in [6.45, 7) is 0.619. The lowest BCUT2D eigenvalue weighted by Gasteiger charge is -2.09. The first-order valence-corrected chi connectivity index (χ1v) is 8.90. The zero-order valence-electron chi connectivity index (χ0n) is 15.3. The number of hydrogen-bond acceptors (Lipinski definition) is 6. The number of amides is 1. The Balaban J connectivity index is 1.46. The van der Waals surface area contributed by atoms with E-state index in [-0.39, 0.29) is 18.1 Å². The van der Waals surface area contributed by atoms with E-state index in [1.165, 1.54) is 6.20 Å². The van der Waals surface area contributed by atoms with Crippen LogP contribution >= 0.6 is 0 Å². The largest absolute Gasteiger partial charge is 0.507 e. The lowest BCUT2D eigenvalue weighted by atomic mass is 10.1. The number of carbonyl (C=O) groups is 1. The van der Waals surface area contributed by atoms with Gasteiger partial charge in [-0.1, -0.05) is 30.3 Å². The summed E-state index contributed by atoms with van der Waals surface area (Å²) in [5.41, 5.74) is 1.37. The van der Waals surface area contributed by atoms with E-state index in [2.05, 4.69) is 10.6 Å². The maximum absolute atomic E-state index is 12.5. The summed E-state index contributed by atoms with van der Waals surface area (Å²) >= 11 is 0. The van der Waals surface area contributed by atoms with E-state index < -0.39 is 5.91 Å². The maximum Gasteiger partial charge on any atom is 0.267 e. The van der Waals surface area contributed by atoms with E-state index in [4.69, 9.17) is 9.47 Å². The molecule has 4 rings (SSSR count). The van der Waals surface area contributed by atoms with Crippen molar-refractivity contribution in [2.45, 2.75) is 6.54 Å². The fourth-order valence-corrected chi connectivity index (χ4v) is 3.06. The maximum atomic E-state index is 12.5. The number of phenolic OH excluding ortho intramolecular Hbond substituents is 1. The number of fused-ring (bicyclic) bond motifs is 2. The number of hydrogen-bond donors (Lipinski definition) is 3. The molecule has 1 amide bonds. The van der Waals surface area contributed by atoms with E-state index in [1.807, 2.05) is 24.3 Å². The molecule has 7 nitrogen and oxygen atoms in total. The molecule has 0 atom stereocenters. The number of nitrogens with one attached hydrogen (secondary N) is 2. The van der Waals surface area contributed by atoms with Crippen molar-refractivity contribution in [2.75, 3.05) is 12.1 Å². The first-order chi connectivity index (χ1) is 14.2. The lowest BCUT2D eigenvalue weighted by molar-refractivity contribution is -0.112. The fraction of sp³-hybridized carbons (Fsp3) is 0.0909. The quantitative estimate of drug-likeness (QED) is 0.458. The van der Waals surface area contributed by atoms with Gasteiger partial charge in [0.1, 0.15) is 17.4 Å². The monoisotopic (exact) mass is 387 g/mol. The number of ether oxygens (including phenoxy) is 2. The minimum absolute atomic E-state index is 0.0668. The highest BCUT2D eigenvalue weighted by molar-refractivity contribution is 6.11. The lowest BCUT2D eigenvalue weighted by Crippen LogP contribution is -2.16. The van der Waals surface area contributed by atoms with E-state index in [1.54, 1.807) is 36.4 Å². The minimum Gasteiger partial charge on any atom is -0.507 e. The van der Waals surface area contributed by atoms with Gasteiger partial charge < -0.3 is 25.2 Å². The molecule has 1 aliphatic heterocycles. The first-order valence-electron chi connectivity index (χ1n) is 8.90. The third-order valence-corrected chi connectivity index (χ3v) is 4.50. The van der Waals surface area contributed by atoms with Gasteiger partial charge in [0.2, 0.25) is 6.79 Å². The molecule has 0 fully saturated rings. The van der Waals surface area contributed by atoms with E-state index in [0.717, 1.165) is 5.56 Å². The Bertz CT molecular complexity index is 1160. The third kappa shape index (κ3) is 3.77. The average Bonchev–Trinajstić information content (AvgIpc) is 3.20. The Kier molecular flexibility index (Phi) is 4.91. The molecule has 3 aromatic carbocycles. The number of carbonyl (C=O) groups excluding carboxylic acids is 1. The zero-order chi connectivity index (χ0) is 20.2. The van der Waals surface area contributed by atoms with Crippen LogP contribution in [0.4, 0.5) is 5.69 Å². The number of nitrogens with zero attached hydrogens (tertiary/aromatic N) is 1. The molecule has 7 heteroatoms. The predicted molar refractivity (Wildman–Crippen MR) is 107 cm³/mol. The van der Waals surface area contributed by atoms with Crippen LogP contribution in [0.1, 0.15) is 5.56 Å². The van der Waals surface area contributed by atoms with Gasteiger partial charge >= 0.3 is 0 Å². The Morgan fingerprint density at radius 3 is 2.76 bits per heavy atom. The van der Waals surface area contributed by atoms with Gasteiger partial charge in [0.05, 0.1) is 0 Å². The van der Waals surface area contributed by atoms with E-state index in [9.17, 15) is 15.2 Å². The smallest absolute Gasteiger partial charge is 0.267 e. The molecular formula is C22H17N3O4. The minimum atomic E-state index is -0.540. The molecule has 0 aromatic heterocycles. The molecule has 0 radical (unpaired) electrons. The van der Waals surface area contributed by atoms with Crippen LogP contribution in [0.2, 0.25) is 0 Å². The molecule has 144 valence electrons. The van der Waals surface area contributed by atoms with Crippen LogP contribution in [-0.2, 0) is 11.3 Å². The summed E-state index contributed by atoms with van der Waals surface area (Å²) in [5.74, 6) is 0.954. The van der Waals surface area contributed by atoms with Gasteiger partial charge in [0, 0.05) is 29.2 Å². The van der Waals surface area contributed by atoms with Crippen molar-refractivity contribution in [1.29, 1.82) is 5.26 Å². The summed E-state index contributed by atoms with van der Waals surface area (Å²) in [6, 6.07) is 17.7. The summed E-state index contributed by atoms with van der Waals surface area (Å²) in [4.78, 5) is 12.5. The molecule has 1 aliphatic rings. The molecule has 29 heavy (non-hydrogen) atoms. The SMILES string of the molecule is N#C/C(=C/NCc1ccc2c(c1)OCO2)C(=O)Nc1cccc2c(O)cccc12. The average molecular weight is 387 g/mol. The predicted octanol–water partition coefficient (Wildman–Crippen LogP) is 3.41. The second-order valence-corrected chi connectivity index (χ2v) is 6.37. The molecule has 3 aromatic rings. The van der Waals surface area contributed by atoms with Crippen molar-refractivity contribution < 1.29 is 19.4 Å². The van der Waals surface area contributed by atoms with Crippen LogP contribution < -0.4 is 20.1 Å². The number of rotatable bonds is 5. The Morgan fingerprint density at radius 2 is 1.90 bits per heavy atom. The summed E-state index contributed by atoms with van der Waals surface area (Å²) in [7, 11) is 0. The van der Waals surface area contributed by atoms with Crippen molar-refractivity contribution in [3.8, 4) is 23.3 Å². The standard InChI is InChI=1S/C22H17N3O4/c23-10-15(12-24-11-14-7-8-20-21(9-14)29-13-28-20)22(27)25-18-5-1-4-17-16(18)3-2-6-19(17)26/h1-9,12,24,26H,11,13H2,(H,25,27)/b15-12-. The molecule has 0 unspecified atom stereocenters. The number of benzene rings is 3. The van der Waals surface area contributed by atoms with Crippen molar-refractivity contribution in [1.82, 2.24) is 5.32 Å². The van der Waals surface area contributed by atoms with Gasteiger partial charge in [0.15, 0.2) is 11.5 Å². The van der Waals surface area contributed by atoms with Gasteiger partial charge in [0.25, 0.3) is 5.91 Å². The Labute approximate surface area is 166 Å². The highest BCUT2D eigenvalue weighted by Gasteiger charge is 2.14. The molecule has 0 aliphatic carbocycles. The molecule has 0 spiro atoms. The number of nitriles is 1. The van der Waals surface area contributed by atoms with Crippen LogP contribution in [-0.4, -0.2) is 17.8 Å². The van der Waals surface area contributed by atoms with Crippen LogP contribution in [0.25, 0.3) is 10.8 Å². The first kappa shape index (κ1) is 18.2. The van der Waals surface area contributed by atoms with Gasteiger partial charge in [-0.2, -0.15) is 5.26 Å². The summed E-state index contributed by atoms with van der Waals surface area (Å²) < 4.78 is 10.6. The number of anilines is 1. The van der Waals surface area contributed by atoms with Crippen molar-refractivity contribution in [2.24, 2.45) is 0 Å². The van der Waals surface area contributed by atoms with Crippen molar-refractivity contribution in [3.05, 3.63) is 71.9 Å². The molecule has 3 N–H and O–H groups in total.